The van der Waals surface area contributed by atoms with Crippen molar-refractivity contribution < 1.29 is 9.76 Å². The molecule has 0 amide bonds. The van der Waals surface area contributed by atoms with Crippen LogP contribution in [0.25, 0.3) is 16.2 Å². The summed E-state index contributed by atoms with van der Waals surface area (Å²) in [5, 5.41) is 11.0. The lowest BCUT2D eigenvalue weighted by molar-refractivity contribution is -0.758. The maximum absolute atomic E-state index is 11.3. The van der Waals surface area contributed by atoms with Crippen molar-refractivity contribution in [2.45, 2.75) is 12.5 Å². The Labute approximate surface area is 104 Å². The predicted octanol–water partition coefficient (Wildman–Crippen LogP) is 3.12. The molecule has 0 radical (unpaired) electrons. The average Bonchev–Trinajstić information content (AvgIpc) is 2.79. The van der Waals surface area contributed by atoms with E-state index < -0.39 is 0 Å². The zero-order chi connectivity index (χ0) is 12.5. The summed E-state index contributed by atoms with van der Waals surface area (Å²) in [5.41, 5.74) is 1.04. The van der Waals surface area contributed by atoms with E-state index in [4.69, 9.17) is 10.2 Å². The molecule has 0 aromatic heterocycles. The maximum atomic E-state index is 11.3. The molecule has 0 N–H and O–H groups in total. The molecule has 1 fully saturated rings. The Hall–Kier alpha value is -2.45. The molecule has 1 aliphatic heterocycles. The average molecular weight is 238 g/mol. The van der Waals surface area contributed by atoms with E-state index in [0.29, 0.717) is 11.3 Å². The number of rotatable bonds is 1. The number of benzene rings is 2. The van der Waals surface area contributed by atoms with Gasteiger partial charge in [0, 0.05) is 5.56 Å². The summed E-state index contributed by atoms with van der Waals surface area (Å²) < 4.78 is 0. The molecular formula is C14H10N2O2. The van der Waals surface area contributed by atoms with Gasteiger partial charge in [0.25, 0.3) is 4.92 Å². The minimum atomic E-state index is -0.359. The summed E-state index contributed by atoms with van der Waals surface area (Å²) in [7, 11) is 0. The summed E-state index contributed by atoms with van der Waals surface area (Å²) in [6, 6.07) is 13.9. The Kier molecular flexibility index (Phi) is 2.43. The minimum Gasteiger partial charge on any atom is -0.758 e. The highest BCUT2D eigenvalue weighted by molar-refractivity contribution is 5.83. The van der Waals surface area contributed by atoms with Crippen LogP contribution in [0.1, 0.15) is 18.1 Å². The molecule has 3 rings (SSSR count). The Balaban J connectivity index is 2.01. The fourth-order valence-electron chi connectivity index (χ4n) is 2.14. The Morgan fingerprint density at radius 3 is 2.72 bits per heavy atom. The standard InChI is InChI=1S/C14H10N2O2/c15-9-13-8-14(18-16(13)17)12-6-5-10-3-1-2-4-11(10)7-12/h1-7,14H,8H2. The number of fused-ring (bicyclic) bond motifs is 1. The third kappa shape index (κ3) is 1.69. The first-order valence-corrected chi connectivity index (χ1v) is 5.66. The van der Waals surface area contributed by atoms with Gasteiger partial charge < -0.3 is 5.41 Å². The number of hydrogen-bond donors (Lipinski definition) is 0. The smallest absolute Gasteiger partial charge is 0.317 e. The fraction of sp³-hybridized carbons (Fsp3) is 0.143. The summed E-state index contributed by atoms with van der Waals surface area (Å²) in [5.74, 6) is 1.86. The molecule has 0 spiro atoms. The van der Waals surface area contributed by atoms with E-state index in [1.54, 1.807) is 0 Å². The van der Waals surface area contributed by atoms with Crippen LogP contribution in [-0.2, 0) is 4.84 Å². The van der Waals surface area contributed by atoms with E-state index in [-0.39, 0.29) is 11.8 Å². The van der Waals surface area contributed by atoms with Crippen LogP contribution in [0.2, 0.25) is 0 Å². The molecule has 1 atom stereocenters. The molecule has 2 aromatic carbocycles. The van der Waals surface area contributed by atoms with Gasteiger partial charge in [0.2, 0.25) is 6.10 Å². The van der Waals surface area contributed by atoms with E-state index >= 15 is 0 Å². The minimum absolute atomic E-state index is 0.119. The molecule has 18 heavy (non-hydrogen) atoms. The van der Waals surface area contributed by atoms with Crippen molar-refractivity contribution in [3.05, 3.63) is 64.0 Å². The molecule has 1 unspecified atom stereocenters. The molecule has 1 heterocycles. The van der Waals surface area contributed by atoms with E-state index in [9.17, 15) is 4.91 Å². The van der Waals surface area contributed by atoms with Crippen molar-refractivity contribution in [3.63, 3.8) is 0 Å². The number of nitrogens with zero attached hydrogens (tertiary/aromatic N) is 2. The van der Waals surface area contributed by atoms with Crippen LogP contribution in [0.3, 0.4) is 0 Å². The Morgan fingerprint density at radius 2 is 2.00 bits per heavy atom. The van der Waals surface area contributed by atoms with Crippen molar-refractivity contribution in [1.82, 2.24) is 0 Å². The molecule has 4 heteroatoms. The quantitative estimate of drug-likeness (QED) is 0.717. The third-order valence-corrected chi connectivity index (χ3v) is 3.10. The van der Waals surface area contributed by atoms with Crippen LogP contribution in [0.15, 0.2) is 48.2 Å². The highest BCUT2D eigenvalue weighted by Gasteiger charge is 2.38. The van der Waals surface area contributed by atoms with E-state index in [2.05, 4.69) is 0 Å². The van der Waals surface area contributed by atoms with Gasteiger partial charge in [0.15, 0.2) is 0 Å². The first kappa shape index (κ1) is 10.7. The van der Waals surface area contributed by atoms with Crippen molar-refractivity contribution in [3.8, 4) is 0 Å². The Bertz CT molecular complexity index is 687. The predicted molar refractivity (Wildman–Crippen MR) is 67.9 cm³/mol. The van der Waals surface area contributed by atoms with Crippen LogP contribution in [0.5, 0.6) is 0 Å². The molecule has 0 aliphatic carbocycles. The van der Waals surface area contributed by atoms with E-state index in [1.165, 1.54) is 0 Å². The van der Waals surface area contributed by atoms with Crippen LogP contribution < -0.4 is 0 Å². The Morgan fingerprint density at radius 1 is 1.22 bits per heavy atom. The summed E-state index contributed by atoms with van der Waals surface area (Å²) in [4.78, 5) is 16.7. The second-order valence-electron chi connectivity index (χ2n) is 4.22. The van der Waals surface area contributed by atoms with Crippen molar-refractivity contribution in [1.29, 1.82) is 0 Å². The third-order valence-electron chi connectivity index (χ3n) is 3.10. The van der Waals surface area contributed by atoms with Gasteiger partial charge >= 0.3 is 5.70 Å². The molecule has 0 saturated carbocycles. The van der Waals surface area contributed by atoms with Gasteiger partial charge in [-0.25, -0.2) is 4.84 Å². The van der Waals surface area contributed by atoms with Gasteiger partial charge in [0.05, 0.1) is 11.3 Å². The molecule has 4 nitrogen and oxygen atoms in total. The first-order valence-electron chi connectivity index (χ1n) is 5.66. The fourth-order valence-corrected chi connectivity index (χ4v) is 2.14. The van der Waals surface area contributed by atoms with Crippen LogP contribution in [-0.4, -0.2) is 10.8 Å². The molecule has 0 bridgehead atoms. The summed E-state index contributed by atoms with van der Waals surface area (Å²) in [6.45, 7) is 0. The van der Waals surface area contributed by atoms with E-state index in [0.717, 1.165) is 16.3 Å². The van der Waals surface area contributed by atoms with Crippen molar-refractivity contribution in [2.75, 3.05) is 0 Å². The molecule has 1 aliphatic rings. The highest BCUT2D eigenvalue weighted by Crippen LogP contribution is 2.32. The second kappa shape index (κ2) is 4.09. The lowest BCUT2D eigenvalue weighted by atomic mass is 10.0. The van der Waals surface area contributed by atoms with Gasteiger partial charge in [-0.05, 0) is 16.8 Å². The van der Waals surface area contributed by atoms with Gasteiger partial charge in [-0.15, -0.1) is 0 Å². The normalized spacial score (nSPS) is 18.8. The molecular weight excluding hydrogens is 228 g/mol. The van der Waals surface area contributed by atoms with Crippen molar-refractivity contribution >= 4 is 16.6 Å². The lowest BCUT2D eigenvalue weighted by Gasteiger charge is -2.04. The van der Waals surface area contributed by atoms with Gasteiger partial charge in [-0.1, -0.05) is 36.4 Å². The molecule has 1 saturated heterocycles. The largest absolute Gasteiger partial charge is 0.758 e. The summed E-state index contributed by atoms with van der Waals surface area (Å²) >= 11 is 0. The first-order chi connectivity index (χ1) is 8.78. The topological polar surface area (TPSA) is 51.6 Å². The van der Waals surface area contributed by atoms with Gasteiger partial charge in [0.1, 0.15) is 0 Å². The van der Waals surface area contributed by atoms with Crippen LogP contribution in [0.4, 0.5) is 0 Å². The highest BCUT2D eigenvalue weighted by atomic mass is 16.8. The zero-order valence-corrected chi connectivity index (χ0v) is 9.54. The van der Waals surface area contributed by atoms with E-state index in [1.807, 2.05) is 48.3 Å². The zero-order valence-electron chi connectivity index (χ0n) is 9.54. The van der Waals surface area contributed by atoms with Gasteiger partial charge in [-0.3, -0.25) is 0 Å². The number of hydrogen-bond acceptors (Lipinski definition) is 2. The summed E-state index contributed by atoms with van der Waals surface area (Å²) in [6.07, 6.45) is -0.0278. The van der Waals surface area contributed by atoms with Gasteiger partial charge in [-0.2, -0.15) is 5.87 Å². The van der Waals surface area contributed by atoms with Crippen molar-refractivity contribution in [2.24, 2.45) is 0 Å². The molecule has 88 valence electrons. The molecule has 2 aromatic rings. The van der Waals surface area contributed by atoms with Crippen LogP contribution >= 0.6 is 0 Å². The lowest BCUT2D eigenvalue weighted by Crippen LogP contribution is -1.99. The maximum Gasteiger partial charge on any atom is 0.317 e. The van der Waals surface area contributed by atoms with Crippen LogP contribution in [0, 0.1) is 4.91 Å². The monoisotopic (exact) mass is 238 g/mol. The SMILES string of the molecule is [N-]=C=C1CC(c2ccc3ccccc3c2)O[N+]1=O. The second-order valence-corrected chi connectivity index (χ2v) is 4.22.